The highest BCUT2D eigenvalue weighted by Gasteiger charge is 2.54. The van der Waals surface area contributed by atoms with Crippen LogP contribution in [0.15, 0.2) is 45.2 Å². The Labute approximate surface area is 198 Å². The normalized spacial score (nSPS) is 13.8. The second kappa shape index (κ2) is 8.39. The molecule has 1 aliphatic rings. The molecule has 2 N–H and O–H groups in total. The first kappa shape index (κ1) is 21.8. The van der Waals surface area contributed by atoms with Gasteiger partial charge in [-0.1, -0.05) is 24.3 Å². The summed E-state index contributed by atoms with van der Waals surface area (Å²) in [6.45, 7) is 3.95. The van der Waals surface area contributed by atoms with Crippen molar-refractivity contribution in [3.8, 4) is 11.8 Å². The van der Waals surface area contributed by atoms with Crippen LogP contribution in [0.3, 0.4) is 0 Å². The fourth-order valence-corrected chi connectivity index (χ4v) is 4.21. The van der Waals surface area contributed by atoms with Gasteiger partial charge in [-0.25, -0.2) is 4.79 Å². The van der Waals surface area contributed by atoms with E-state index in [0.717, 1.165) is 16.0 Å². The van der Waals surface area contributed by atoms with Gasteiger partial charge in [-0.3, -0.25) is 10.1 Å². The topological polar surface area (TPSA) is 115 Å². The highest BCUT2D eigenvalue weighted by molar-refractivity contribution is 7.06. The minimum Gasteiger partial charge on any atom is -0.480 e. The van der Waals surface area contributed by atoms with Crippen molar-refractivity contribution in [3.63, 3.8) is 0 Å². The number of fused-ring (bicyclic) bond motifs is 1. The molecule has 4 aromatic rings. The highest BCUT2D eigenvalue weighted by Crippen LogP contribution is 2.50. The largest absolute Gasteiger partial charge is 0.480 e. The van der Waals surface area contributed by atoms with Gasteiger partial charge in [0.1, 0.15) is 17.8 Å². The molecule has 1 fully saturated rings. The molecule has 3 heterocycles. The zero-order valence-electron chi connectivity index (χ0n) is 18.4. The number of nitrogens with one attached hydrogen (secondary N) is 1. The Kier molecular flexibility index (Phi) is 5.38. The SMILES string of the molecule is Cc1ccccc1COC(=O)Nc1c(C#Cc2cc3cc(C4(C(=O)O)CC4)oc3o2)nsc1C. The lowest BCUT2D eigenvalue weighted by Crippen LogP contribution is -2.18. The van der Waals surface area contributed by atoms with Crippen molar-refractivity contribution in [2.75, 3.05) is 5.32 Å². The van der Waals surface area contributed by atoms with E-state index in [0.29, 0.717) is 41.1 Å². The van der Waals surface area contributed by atoms with Gasteiger partial charge < -0.3 is 18.7 Å². The summed E-state index contributed by atoms with van der Waals surface area (Å²) in [5, 5.41) is 12.8. The summed E-state index contributed by atoms with van der Waals surface area (Å²) >= 11 is 1.22. The van der Waals surface area contributed by atoms with E-state index in [4.69, 9.17) is 13.6 Å². The van der Waals surface area contributed by atoms with Gasteiger partial charge in [0.25, 0.3) is 5.78 Å². The van der Waals surface area contributed by atoms with Crippen LogP contribution in [0.5, 0.6) is 0 Å². The summed E-state index contributed by atoms with van der Waals surface area (Å²) in [6, 6.07) is 11.1. The zero-order chi connectivity index (χ0) is 23.9. The third-order valence-electron chi connectivity index (χ3n) is 5.86. The number of hydrogen-bond acceptors (Lipinski definition) is 7. The van der Waals surface area contributed by atoms with Gasteiger partial charge in [0.2, 0.25) is 0 Å². The Balaban J connectivity index is 1.29. The van der Waals surface area contributed by atoms with Crippen LogP contribution >= 0.6 is 11.5 Å². The number of nitrogens with zero attached hydrogens (tertiary/aromatic N) is 1. The molecular weight excluding hydrogens is 456 g/mol. The van der Waals surface area contributed by atoms with Crippen molar-refractivity contribution in [3.05, 3.63) is 69.6 Å². The number of hydrogen-bond donors (Lipinski definition) is 2. The highest BCUT2D eigenvalue weighted by atomic mass is 32.1. The molecule has 0 atom stereocenters. The molecule has 5 rings (SSSR count). The number of rotatable bonds is 5. The van der Waals surface area contributed by atoms with Crippen molar-refractivity contribution < 1.29 is 28.3 Å². The Morgan fingerprint density at radius 2 is 2.00 bits per heavy atom. The summed E-state index contributed by atoms with van der Waals surface area (Å²) in [4.78, 5) is 24.6. The molecule has 0 aliphatic heterocycles. The Morgan fingerprint density at radius 1 is 1.21 bits per heavy atom. The number of amides is 1. The summed E-state index contributed by atoms with van der Waals surface area (Å²) in [5.74, 6) is 5.89. The number of carboxylic acids is 1. The van der Waals surface area contributed by atoms with E-state index >= 15 is 0 Å². The zero-order valence-corrected chi connectivity index (χ0v) is 19.2. The van der Waals surface area contributed by atoms with Crippen LogP contribution in [0.4, 0.5) is 10.5 Å². The monoisotopic (exact) mass is 476 g/mol. The van der Waals surface area contributed by atoms with Gasteiger partial charge in [0.05, 0.1) is 11.1 Å². The average Bonchev–Trinajstić information content (AvgIpc) is 3.25. The van der Waals surface area contributed by atoms with Crippen LogP contribution in [-0.4, -0.2) is 21.5 Å². The predicted molar refractivity (Wildman–Crippen MR) is 125 cm³/mol. The number of aromatic nitrogens is 1. The number of aryl methyl sites for hydroxylation is 2. The number of carbonyl (C=O) groups excluding carboxylic acids is 1. The van der Waals surface area contributed by atoms with Gasteiger partial charge in [-0.15, -0.1) is 0 Å². The summed E-state index contributed by atoms with van der Waals surface area (Å²) in [6.07, 6.45) is 0.514. The second-order valence-corrected chi connectivity index (χ2v) is 9.17. The summed E-state index contributed by atoms with van der Waals surface area (Å²) < 4.78 is 20.9. The fourth-order valence-electron chi connectivity index (χ4n) is 3.61. The lowest BCUT2D eigenvalue weighted by Gasteiger charge is -2.08. The molecule has 0 saturated heterocycles. The first-order valence-corrected chi connectivity index (χ1v) is 11.4. The molecule has 0 radical (unpaired) electrons. The maximum atomic E-state index is 12.3. The van der Waals surface area contributed by atoms with E-state index < -0.39 is 17.5 Å². The van der Waals surface area contributed by atoms with Gasteiger partial charge in [0.15, 0.2) is 11.5 Å². The first-order chi connectivity index (χ1) is 16.4. The number of carboxylic acid groups (broad SMARTS) is 1. The third kappa shape index (κ3) is 4.04. The molecule has 0 bridgehead atoms. The van der Waals surface area contributed by atoms with E-state index in [-0.39, 0.29) is 12.4 Å². The van der Waals surface area contributed by atoms with Crippen molar-refractivity contribution in [2.45, 2.75) is 38.7 Å². The minimum atomic E-state index is -0.931. The lowest BCUT2D eigenvalue weighted by molar-refractivity contribution is -0.140. The van der Waals surface area contributed by atoms with Crippen LogP contribution in [0.25, 0.3) is 11.2 Å². The van der Waals surface area contributed by atoms with Crippen LogP contribution in [0, 0.1) is 25.7 Å². The molecule has 34 heavy (non-hydrogen) atoms. The van der Waals surface area contributed by atoms with Crippen LogP contribution in [0.2, 0.25) is 0 Å². The Hall–Kier alpha value is -4.03. The number of anilines is 1. The third-order valence-corrected chi connectivity index (χ3v) is 6.61. The predicted octanol–water partition coefficient (Wildman–Crippen LogP) is 5.36. The fraction of sp³-hybridized carbons (Fsp3) is 0.240. The molecule has 0 spiro atoms. The quantitative estimate of drug-likeness (QED) is 0.372. The van der Waals surface area contributed by atoms with E-state index in [1.54, 1.807) is 12.1 Å². The smallest absolute Gasteiger partial charge is 0.412 e. The maximum Gasteiger partial charge on any atom is 0.412 e. The van der Waals surface area contributed by atoms with Crippen LogP contribution in [-0.2, 0) is 21.6 Å². The summed E-state index contributed by atoms with van der Waals surface area (Å²) in [5.41, 5.74) is 1.93. The molecule has 0 unspecified atom stereocenters. The number of carbonyl (C=O) groups is 2. The minimum absolute atomic E-state index is 0.159. The summed E-state index contributed by atoms with van der Waals surface area (Å²) in [7, 11) is 0. The number of ether oxygens (including phenoxy) is 1. The van der Waals surface area contributed by atoms with Crippen LogP contribution in [0.1, 0.15) is 46.1 Å². The number of furan rings is 2. The van der Waals surface area contributed by atoms with E-state index in [1.807, 2.05) is 38.1 Å². The van der Waals surface area contributed by atoms with E-state index in [1.165, 1.54) is 11.5 Å². The van der Waals surface area contributed by atoms with Gasteiger partial charge in [-0.05, 0) is 67.3 Å². The van der Waals surface area contributed by atoms with Crippen LogP contribution < -0.4 is 5.32 Å². The first-order valence-electron chi connectivity index (χ1n) is 10.6. The molecule has 1 saturated carbocycles. The van der Waals surface area contributed by atoms with Crippen molar-refractivity contribution in [2.24, 2.45) is 0 Å². The molecule has 1 aliphatic carbocycles. The maximum absolute atomic E-state index is 12.3. The molecule has 1 aromatic carbocycles. The Bertz CT molecular complexity index is 1450. The average molecular weight is 477 g/mol. The molecule has 8 nitrogen and oxygen atoms in total. The molecule has 172 valence electrons. The van der Waals surface area contributed by atoms with Crippen molar-refractivity contribution in [1.82, 2.24) is 4.37 Å². The molecular formula is C25H20N2O6S. The Morgan fingerprint density at radius 3 is 2.71 bits per heavy atom. The second-order valence-electron chi connectivity index (χ2n) is 8.19. The molecule has 1 amide bonds. The van der Waals surface area contributed by atoms with Gasteiger partial charge in [0, 0.05) is 10.9 Å². The number of benzene rings is 1. The van der Waals surface area contributed by atoms with Gasteiger partial charge >= 0.3 is 12.1 Å². The van der Waals surface area contributed by atoms with E-state index in [9.17, 15) is 14.7 Å². The van der Waals surface area contributed by atoms with Crippen molar-refractivity contribution >= 4 is 40.4 Å². The standard InChI is InChI=1S/C25H20N2O6S/c1-14-5-3-4-6-16(14)13-31-24(30)26-21-15(2)34-27-19(21)8-7-18-11-17-12-20(33-22(17)32-18)25(9-10-25)23(28)29/h3-6,11-12H,9-10,13H2,1-2H3,(H,26,30)(H,28,29). The lowest BCUT2D eigenvalue weighted by atomic mass is 10.0. The van der Waals surface area contributed by atoms with Gasteiger partial charge in [-0.2, -0.15) is 4.37 Å². The van der Waals surface area contributed by atoms with Crippen molar-refractivity contribution in [1.29, 1.82) is 0 Å². The molecule has 9 heteroatoms. The number of aliphatic carboxylic acids is 1. The molecule has 3 aromatic heterocycles. The van der Waals surface area contributed by atoms with E-state index in [2.05, 4.69) is 21.5 Å².